The number of nitrogens with zero attached hydrogens (tertiary/aromatic N) is 4. The van der Waals surface area contributed by atoms with Crippen LogP contribution < -0.4 is 5.32 Å². The van der Waals surface area contributed by atoms with Crippen molar-refractivity contribution >= 4 is 17.8 Å². The van der Waals surface area contributed by atoms with Gasteiger partial charge in [0.2, 0.25) is 5.91 Å². The van der Waals surface area contributed by atoms with E-state index in [-0.39, 0.29) is 12.5 Å². The second-order valence-corrected chi connectivity index (χ2v) is 7.82. The maximum absolute atomic E-state index is 13.2. The molecule has 164 valence electrons. The van der Waals surface area contributed by atoms with E-state index in [1.807, 2.05) is 73.8 Å². The lowest BCUT2D eigenvalue weighted by atomic mass is 9.87. The zero-order valence-electron chi connectivity index (χ0n) is 18.1. The van der Waals surface area contributed by atoms with E-state index >= 15 is 0 Å². The monoisotopic (exact) mass is 431 g/mol. The van der Waals surface area contributed by atoms with Gasteiger partial charge < -0.3 is 10.2 Å². The summed E-state index contributed by atoms with van der Waals surface area (Å²) in [4.78, 5) is 41.1. The highest BCUT2D eigenvalue weighted by Crippen LogP contribution is 2.32. The SMILES string of the molecule is CC[C@@]1(c2ccccc2)NC(=O)N(CC(=O)N(C)Cc2cnn(-c3ccccc3)c2)C1=O. The van der Waals surface area contributed by atoms with Crippen molar-refractivity contribution < 1.29 is 14.4 Å². The number of nitrogens with one attached hydrogen (secondary N) is 1. The van der Waals surface area contributed by atoms with Gasteiger partial charge in [0, 0.05) is 25.4 Å². The number of aromatic nitrogens is 2. The first-order valence-corrected chi connectivity index (χ1v) is 10.5. The highest BCUT2D eigenvalue weighted by molar-refractivity contribution is 6.09. The molecule has 1 aromatic heterocycles. The minimum absolute atomic E-state index is 0.312. The lowest BCUT2D eigenvalue weighted by molar-refractivity contribution is -0.138. The molecule has 32 heavy (non-hydrogen) atoms. The Bertz CT molecular complexity index is 1130. The number of likely N-dealkylation sites (N-methyl/N-ethyl adjacent to an activating group) is 1. The molecule has 1 saturated heterocycles. The highest BCUT2D eigenvalue weighted by atomic mass is 16.2. The Kier molecular flexibility index (Phi) is 5.77. The summed E-state index contributed by atoms with van der Waals surface area (Å²) in [5.41, 5.74) is 1.32. The molecule has 0 unspecified atom stereocenters. The van der Waals surface area contributed by atoms with Crippen LogP contribution in [0.25, 0.3) is 5.69 Å². The molecule has 1 atom stereocenters. The van der Waals surface area contributed by atoms with Crippen LogP contribution in [0.1, 0.15) is 24.5 Å². The van der Waals surface area contributed by atoms with E-state index in [4.69, 9.17) is 0 Å². The molecule has 1 aliphatic rings. The van der Waals surface area contributed by atoms with Gasteiger partial charge in [-0.1, -0.05) is 55.5 Å². The first-order valence-electron chi connectivity index (χ1n) is 10.5. The molecule has 1 N–H and O–H groups in total. The quantitative estimate of drug-likeness (QED) is 0.583. The maximum atomic E-state index is 13.2. The van der Waals surface area contributed by atoms with Crippen molar-refractivity contribution in [2.45, 2.75) is 25.4 Å². The summed E-state index contributed by atoms with van der Waals surface area (Å²) >= 11 is 0. The molecule has 1 aliphatic heterocycles. The summed E-state index contributed by atoms with van der Waals surface area (Å²) in [6.07, 6.45) is 3.94. The molecule has 8 nitrogen and oxygen atoms in total. The van der Waals surface area contributed by atoms with E-state index in [1.54, 1.807) is 17.9 Å². The predicted molar refractivity (Wildman–Crippen MR) is 119 cm³/mol. The molecule has 2 aromatic carbocycles. The number of carbonyl (C=O) groups is 3. The van der Waals surface area contributed by atoms with E-state index in [2.05, 4.69) is 10.4 Å². The molecule has 0 aliphatic carbocycles. The number of benzene rings is 2. The largest absolute Gasteiger partial charge is 0.340 e. The topological polar surface area (TPSA) is 87.5 Å². The fourth-order valence-corrected chi connectivity index (χ4v) is 3.91. The predicted octanol–water partition coefficient (Wildman–Crippen LogP) is 2.69. The number of carbonyl (C=O) groups excluding carboxylic acids is 3. The van der Waals surface area contributed by atoms with Crippen LogP contribution in [0.2, 0.25) is 0 Å². The van der Waals surface area contributed by atoms with Crippen LogP contribution in [0.15, 0.2) is 73.1 Å². The van der Waals surface area contributed by atoms with Crippen LogP contribution in [0.4, 0.5) is 4.79 Å². The van der Waals surface area contributed by atoms with Crippen molar-refractivity contribution in [3.05, 3.63) is 84.2 Å². The number of imide groups is 1. The lowest BCUT2D eigenvalue weighted by Crippen LogP contribution is -2.45. The second-order valence-electron chi connectivity index (χ2n) is 7.82. The van der Waals surface area contributed by atoms with Crippen molar-refractivity contribution in [1.29, 1.82) is 0 Å². The third kappa shape index (κ3) is 3.87. The smallest absolute Gasteiger partial charge is 0.325 e. The van der Waals surface area contributed by atoms with Gasteiger partial charge in [-0.15, -0.1) is 0 Å². The van der Waals surface area contributed by atoms with Crippen LogP contribution in [-0.2, 0) is 21.7 Å². The Morgan fingerprint density at radius 1 is 1.06 bits per heavy atom. The Hall–Kier alpha value is -3.94. The van der Waals surface area contributed by atoms with Crippen LogP contribution in [0.3, 0.4) is 0 Å². The molecule has 3 aromatic rings. The normalized spacial score (nSPS) is 18.0. The van der Waals surface area contributed by atoms with Crippen LogP contribution >= 0.6 is 0 Å². The van der Waals surface area contributed by atoms with Crippen LogP contribution in [-0.4, -0.2) is 51.0 Å². The molecule has 0 bridgehead atoms. The Morgan fingerprint density at radius 2 is 1.72 bits per heavy atom. The summed E-state index contributed by atoms with van der Waals surface area (Å²) in [7, 11) is 1.64. The Balaban J connectivity index is 1.44. The molecule has 4 amide bonds. The molecular formula is C24H25N5O3. The molecule has 0 saturated carbocycles. The standard InChI is InChI=1S/C24H25N5O3/c1-3-24(19-10-6-4-7-11-19)22(31)28(23(32)26-24)17-21(30)27(2)15-18-14-25-29(16-18)20-12-8-5-9-13-20/h4-14,16H,3,15,17H2,1-2H3,(H,26,32)/t24-/m0/s1. The van der Waals surface area contributed by atoms with Gasteiger partial charge in [-0.25, -0.2) is 9.48 Å². The summed E-state index contributed by atoms with van der Waals surface area (Å²) in [6, 6.07) is 18.2. The van der Waals surface area contributed by atoms with Crippen molar-refractivity contribution in [3.63, 3.8) is 0 Å². The van der Waals surface area contributed by atoms with E-state index in [0.717, 1.165) is 16.2 Å². The van der Waals surface area contributed by atoms with Gasteiger partial charge >= 0.3 is 6.03 Å². The van der Waals surface area contributed by atoms with Crippen molar-refractivity contribution in [3.8, 4) is 5.69 Å². The van der Waals surface area contributed by atoms with E-state index in [9.17, 15) is 14.4 Å². The molecule has 4 rings (SSSR count). The van der Waals surface area contributed by atoms with Crippen LogP contribution in [0, 0.1) is 0 Å². The number of rotatable bonds is 7. The zero-order chi connectivity index (χ0) is 22.7. The average molecular weight is 431 g/mol. The van der Waals surface area contributed by atoms with Gasteiger partial charge in [0.05, 0.1) is 11.9 Å². The zero-order valence-corrected chi connectivity index (χ0v) is 18.1. The molecule has 0 spiro atoms. The molecular weight excluding hydrogens is 406 g/mol. The molecule has 8 heteroatoms. The Morgan fingerprint density at radius 3 is 2.38 bits per heavy atom. The van der Waals surface area contributed by atoms with Gasteiger partial charge in [-0.3, -0.25) is 14.5 Å². The van der Waals surface area contributed by atoms with E-state index in [0.29, 0.717) is 18.5 Å². The van der Waals surface area contributed by atoms with Gasteiger partial charge in [-0.2, -0.15) is 5.10 Å². The molecule has 2 heterocycles. The fourth-order valence-electron chi connectivity index (χ4n) is 3.91. The summed E-state index contributed by atoms with van der Waals surface area (Å²) < 4.78 is 1.74. The first kappa shape index (κ1) is 21.3. The number of para-hydroxylation sites is 1. The number of hydrogen-bond acceptors (Lipinski definition) is 4. The first-order chi connectivity index (χ1) is 15.4. The van der Waals surface area contributed by atoms with Crippen molar-refractivity contribution in [2.24, 2.45) is 0 Å². The summed E-state index contributed by atoms with van der Waals surface area (Å²) in [5.74, 6) is -0.740. The highest BCUT2D eigenvalue weighted by Gasteiger charge is 2.51. The number of hydrogen-bond donors (Lipinski definition) is 1. The molecule has 1 fully saturated rings. The average Bonchev–Trinajstić information content (AvgIpc) is 3.38. The van der Waals surface area contributed by atoms with Crippen molar-refractivity contribution in [2.75, 3.05) is 13.6 Å². The van der Waals surface area contributed by atoms with Crippen molar-refractivity contribution in [1.82, 2.24) is 24.9 Å². The minimum atomic E-state index is -1.14. The molecule has 0 radical (unpaired) electrons. The Labute approximate surface area is 186 Å². The summed E-state index contributed by atoms with van der Waals surface area (Å²) in [5, 5.41) is 7.14. The third-order valence-electron chi connectivity index (χ3n) is 5.77. The third-order valence-corrected chi connectivity index (χ3v) is 5.77. The van der Waals surface area contributed by atoms with Gasteiger partial charge in [-0.05, 0) is 24.1 Å². The maximum Gasteiger partial charge on any atom is 0.325 e. The number of amides is 4. The minimum Gasteiger partial charge on any atom is -0.340 e. The van der Waals surface area contributed by atoms with E-state index < -0.39 is 17.5 Å². The number of urea groups is 1. The van der Waals surface area contributed by atoms with E-state index in [1.165, 1.54) is 4.90 Å². The summed E-state index contributed by atoms with van der Waals surface area (Å²) in [6.45, 7) is 1.84. The second kappa shape index (κ2) is 8.66. The van der Waals surface area contributed by atoms with Gasteiger partial charge in [0.25, 0.3) is 5.91 Å². The van der Waals surface area contributed by atoms with Crippen LogP contribution in [0.5, 0.6) is 0 Å². The van der Waals surface area contributed by atoms with Gasteiger partial charge in [0.15, 0.2) is 0 Å². The fraction of sp³-hybridized carbons (Fsp3) is 0.250. The van der Waals surface area contributed by atoms with Gasteiger partial charge in [0.1, 0.15) is 12.1 Å². The lowest BCUT2D eigenvalue weighted by Gasteiger charge is -2.26.